The van der Waals surface area contributed by atoms with Crippen LogP contribution in [0.2, 0.25) is 0 Å². The number of benzene rings is 1. The summed E-state index contributed by atoms with van der Waals surface area (Å²) in [5.41, 5.74) is 1.92. The lowest BCUT2D eigenvalue weighted by Crippen LogP contribution is -1.99. The zero-order valence-electron chi connectivity index (χ0n) is 9.20. The van der Waals surface area contributed by atoms with Gasteiger partial charge in [0.25, 0.3) is 0 Å². The third-order valence-corrected chi connectivity index (χ3v) is 2.65. The molecule has 2 aromatic rings. The van der Waals surface area contributed by atoms with Gasteiger partial charge in [0.15, 0.2) is 0 Å². The summed E-state index contributed by atoms with van der Waals surface area (Å²) in [5, 5.41) is 9.88. The number of aromatic nitrogens is 1. The molecule has 2 N–H and O–H groups in total. The maximum absolute atomic E-state index is 11.2. The molecular formula is C12H13NO3. The van der Waals surface area contributed by atoms with Crippen molar-refractivity contribution in [2.24, 2.45) is 0 Å². The number of aromatic amines is 1. The van der Waals surface area contributed by atoms with E-state index in [0.717, 1.165) is 11.2 Å². The molecule has 0 spiro atoms. The molecule has 0 aliphatic heterocycles. The minimum absolute atomic E-state index is 0.344. The lowest BCUT2D eigenvalue weighted by Gasteiger charge is -1.99. The molecule has 0 unspecified atom stereocenters. The van der Waals surface area contributed by atoms with Gasteiger partial charge in [-0.05, 0) is 24.6 Å². The van der Waals surface area contributed by atoms with Gasteiger partial charge in [0.2, 0.25) is 0 Å². The number of methoxy groups -OCH3 is 1. The van der Waals surface area contributed by atoms with Crippen LogP contribution in [-0.2, 0) is 6.42 Å². The molecule has 84 valence electrons. The van der Waals surface area contributed by atoms with Gasteiger partial charge in [0.05, 0.1) is 12.7 Å². The topological polar surface area (TPSA) is 62.3 Å². The van der Waals surface area contributed by atoms with Crippen molar-refractivity contribution in [3.8, 4) is 5.75 Å². The first-order valence-electron chi connectivity index (χ1n) is 5.09. The molecule has 0 bridgehead atoms. The van der Waals surface area contributed by atoms with Crippen molar-refractivity contribution in [1.82, 2.24) is 4.98 Å². The molecule has 0 amide bonds. The van der Waals surface area contributed by atoms with Crippen LogP contribution in [-0.4, -0.2) is 23.2 Å². The van der Waals surface area contributed by atoms with Gasteiger partial charge < -0.3 is 14.8 Å². The Bertz CT molecular complexity index is 542. The van der Waals surface area contributed by atoms with Gasteiger partial charge in [-0.25, -0.2) is 4.79 Å². The molecule has 1 aromatic carbocycles. The minimum atomic E-state index is -0.906. The Labute approximate surface area is 92.9 Å². The minimum Gasteiger partial charge on any atom is -0.497 e. The van der Waals surface area contributed by atoms with Crippen molar-refractivity contribution >= 4 is 16.9 Å². The highest BCUT2D eigenvalue weighted by molar-refractivity contribution is 6.05. The summed E-state index contributed by atoms with van der Waals surface area (Å²) in [6.07, 6.45) is 0.665. The molecule has 0 radical (unpaired) electrons. The largest absolute Gasteiger partial charge is 0.497 e. The SMILES string of the molecule is CCc1[nH]c2ccc(OC)cc2c1C(=O)O. The number of carboxylic acid groups (broad SMARTS) is 1. The summed E-state index contributed by atoms with van der Waals surface area (Å²) in [6.45, 7) is 1.92. The number of hydrogen-bond acceptors (Lipinski definition) is 2. The van der Waals surface area contributed by atoms with E-state index in [1.807, 2.05) is 19.1 Å². The highest BCUT2D eigenvalue weighted by Crippen LogP contribution is 2.26. The molecule has 2 rings (SSSR count). The van der Waals surface area contributed by atoms with Gasteiger partial charge >= 0.3 is 5.97 Å². The molecule has 0 saturated heterocycles. The Balaban J connectivity index is 2.75. The molecule has 0 atom stereocenters. The van der Waals surface area contributed by atoms with Crippen LogP contribution in [0.5, 0.6) is 5.75 Å². The smallest absolute Gasteiger partial charge is 0.338 e. The highest BCUT2D eigenvalue weighted by atomic mass is 16.5. The highest BCUT2D eigenvalue weighted by Gasteiger charge is 2.16. The van der Waals surface area contributed by atoms with E-state index < -0.39 is 5.97 Å². The Morgan fingerprint density at radius 1 is 1.50 bits per heavy atom. The number of carboxylic acids is 1. The van der Waals surface area contributed by atoms with Crippen LogP contribution in [0.3, 0.4) is 0 Å². The Kier molecular flexibility index (Phi) is 2.56. The second kappa shape index (κ2) is 3.89. The Morgan fingerprint density at radius 3 is 2.81 bits per heavy atom. The normalized spacial score (nSPS) is 10.6. The Morgan fingerprint density at radius 2 is 2.25 bits per heavy atom. The maximum atomic E-state index is 11.2. The number of ether oxygens (including phenoxy) is 1. The van der Waals surface area contributed by atoms with E-state index in [1.54, 1.807) is 13.2 Å². The van der Waals surface area contributed by atoms with Crippen LogP contribution in [0, 0.1) is 0 Å². The molecule has 0 saturated carbocycles. The van der Waals surface area contributed by atoms with Crippen molar-refractivity contribution in [2.45, 2.75) is 13.3 Å². The molecule has 0 fully saturated rings. The number of carbonyl (C=O) groups is 1. The zero-order valence-corrected chi connectivity index (χ0v) is 9.20. The monoisotopic (exact) mass is 219 g/mol. The van der Waals surface area contributed by atoms with E-state index in [4.69, 9.17) is 4.74 Å². The summed E-state index contributed by atoms with van der Waals surface area (Å²) < 4.78 is 5.09. The summed E-state index contributed by atoms with van der Waals surface area (Å²) in [5.74, 6) is -0.243. The van der Waals surface area contributed by atoms with Gasteiger partial charge in [0.1, 0.15) is 5.75 Å². The molecule has 4 heteroatoms. The van der Waals surface area contributed by atoms with E-state index in [2.05, 4.69) is 4.98 Å². The van der Waals surface area contributed by atoms with E-state index >= 15 is 0 Å². The average Bonchev–Trinajstić information content (AvgIpc) is 2.65. The predicted octanol–water partition coefficient (Wildman–Crippen LogP) is 2.44. The average molecular weight is 219 g/mol. The summed E-state index contributed by atoms with van der Waals surface area (Å²) in [7, 11) is 1.56. The summed E-state index contributed by atoms with van der Waals surface area (Å²) in [4.78, 5) is 14.3. The Hall–Kier alpha value is -1.97. The van der Waals surface area contributed by atoms with Gasteiger partial charge in [-0.2, -0.15) is 0 Å². The number of rotatable bonds is 3. The molecule has 0 aliphatic carbocycles. The van der Waals surface area contributed by atoms with Crippen molar-refractivity contribution in [2.75, 3.05) is 7.11 Å². The number of hydrogen-bond donors (Lipinski definition) is 2. The molecule has 1 aromatic heterocycles. The van der Waals surface area contributed by atoms with Gasteiger partial charge in [0, 0.05) is 16.6 Å². The van der Waals surface area contributed by atoms with Crippen molar-refractivity contribution in [1.29, 1.82) is 0 Å². The fourth-order valence-corrected chi connectivity index (χ4v) is 1.86. The molecular weight excluding hydrogens is 206 g/mol. The number of aryl methyl sites for hydroxylation is 1. The van der Waals surface area contributed by atoms with Gasteiger partial charge in [-0.3, -0.25) is 0 Å². The van der Waals surface area contributed by atoms with E-state index in [0.29, 0.717) is 23.1 Å². The fraction of sp³-hybridized carbons (Fsp3) is 0.250. The second-order valence-electron chi connectivity index (χ2n) is 3.55. The third-order valence-electron chi connectivity index (χ3n) is 2.65. The first-order valence-corrected chi connectivity index (χ1v) is 5.09. The van der Waals surface area contributed by atoms with Crippen molar-refractivity contribution in [3.63, 3.8) is 0 Å². The van der Waals surface area contributed by atoms with E-state index in [-0.39, 0.29) is 0 Å². The molecule has 4 nitrogen and oxygen atoms in total. The summed E-state index contributed by atoms with van der Waals surface area (Å²) >= 11 is 0. The quantitative estimate of drug-likeness (QED) is 0.833. The number of H-pyrrole nitrogens is 1. The van der Waals surface area contributed by atoms with Crippen molar-refractivity contribution < 1.29 is 14.6 Å². The lowest BCUT2D eigenvalue weighted by molar-refractivity contribution is 0.0698. The first kappa shape index (κ1) is 10.5. The standard InChI is InChI=1S/C12H13NO3/c1-3-9-11(12(14)15)8-6-7(16-2)4-5-10(8)13-9/h4-6,13H,3H2,1-2H3,(H,14,15). The van der Waals surface area contributed by atoms with Crippen LogP contribution in [0.1, 0.15) is 23.0 Å². The van der Waals surface area contributed by atoms with Crippen LogP contribution in [0.15, 0.2) is 18.2 Å². The fourth-order valence-electron chi connectivity index (χ4n) is 1.86. The van der Waals surface area contributed by atoms with Crippen LogP contribution < -0.4 is 4.74 Å². The third kappa shape index (κ3) is 1.52. The zero-order chi connectivity index (χ0) is 11.7. The summed E-state index contributed by atoms with van der Waals surface area (Å²) in [6, 6.07) is 5.39. The van der Waals surface area contributed by atoms with Crippen LogP contribution in [0.25, 0.3) is 10.9 Å². The van der Waals surface area contributed by atoms with Crippen LogP contribution >= 0.6 is 0 Å². The van der Waals surface area contributed by atoms with Gasteiger partial charge in [-0.1, -0.05) is 6.92 Å². The maximum Gasteiger partial charge on any atom is 0.338 e. The number of fused-ring (bicyclic) bond motifs is 1. The molecule has 16 heavy (non-hydrogen) atoms. The molecule has 1 heterocycles. The van der Waals surface area contributed by atoms with Crippen molar-refractivity contribution in [3.05, 3.63) is 29.5 Å². The lowest BCUT2D eigenvalue weighted by atomic mass is 10.1. The van der Waals surface area contributed by atoms with E-state index in [1.165, 1.54) is 0 Å². The van der Waals surface area contributed by atoms with E-state index in [9.17, 15) is 9.90 Å². The number of aromatic carboxylic acids is 1. The second-order valence-corrected chi connectivity index (χ2v) is 3.55. The predicted molar refractivity (Wildman–Crippen MR) is 61.2 cm³/mol. The number of nitrogens with one attached hydrogen (secondary N) is 1. The van der Waals surface area contributed by atoms with Gasteiger partial charge in [-0.15, -0.1) is 0 Å². The molecule has 0 aliphatic rings. The first-order chi connectivity index (χ1) is 7.67. The van der Waals surface area contributed by atoms with Crippen LogP contribution in [0.4, 0.5) is 0 Å².